The predicted octanol–water partition coefficient (Wildman–Crippen LogP) is -20.8. The van der Waals surface area contributed by atoms with Crippen LogP contribution in [0, 0.1) is 0 Å². The number of aliphatic hydroxyl groups excluding tert-OH is 24. The van der Waals surface area contributed by atoms with Crippen LogP contribution in [0.4, 0.5) is 0 Å². The van der Waals surface area contributed by atoms with Gasteiger partial charge in [0.15, 0.2) is 62.9 Å². The highest BCUT2D eigenvalue weighted by Crippen LogP contribution is 2.42. The normalized spacial score (nSPS) is 46.9. The Balaban J connectivity index is 1.06. The smallest absolute Gasteiger partial charge is 0.217 e. The fourth-order valence-corrected chi connectivity index (χ4v) is 17.1. The standard InChI is InChI=1S/C74H123N7O50/c1-18-42(97)53(108)54(109)72(114-18)113-17-34-61(49(104)35(65(112)115-34)75-19(2)90)127-70-40(80-24(7)95)52(107)59(31(14-87)120-70)128-73-56(111)63(62(33(16-89)122-73)129-68-38(78-22(5)93)48(103)45(100)28(11-84)118-68)130-74-64(131-71-41(81-25(8)96)51(106)58(30(13-86)121-71)125-67-37(77-21(4)92)47(102)44(99)27(10-83)117-67)55(110)60(32(15-88)123-74)126-69-39(79-23(6)94)50(105)57(29(12-85)119-69)124-66-36(76-20(3)91)46(101)43(98)26(9-82)116-66/h18,26-74,82-89,97-112H,9-17H2,1-8H3,(H,75,90)(H,76,91)(H,77,92)(H,78,93)(H,79,94)(H,80,95)(H,81,96)/t18-,26+,27+,28+,29+,30+,31+,32+,33+,34+,35+,36+,37+,38+,39+,40+,41+,42+,43-,44-,45+,46+,47+,48+,49+,50+,51+,52+,53+,54-,55-,56-,57+,58+,59+,60+,61+,62+,63+,64-,65?,66-,67-,68-,69-,70-,71-,72+,73-,74+/m0/s1. The maximum Gasteiger partial charge on any atom is 0.217 e. The van der Waals surface area contributed by atoms with Crippen LogP contribution in [0.3, 0.4) is 0 Å². The second-order valence-corrected chi connectivity index (χ2v) is 33.2. The third-order valence-electron chi connectivity index (χ3n) is 23.6. The molecule has 1 unspecified atom stereocenters. The molecule has 0 aromatic carbocycles. The molecular weight excluding hydrogens is 1790 g/mol. The van der Waals surface area contributed by atoms with E-state index in [0.29, 0.717) is 0 Å². The van der Waals surface area contributed by atoms with Crippen LogP contribution in [0.1, 0.15) is 55.4 Å². The molecule has 0 radical (unpaired) electrons. The molecule has 31 N–H and O–H groups in total. The Labute approximate surface area is 744 Å². The van der Waals surface area contributed by atoms with E-state index in [9.17, 15) is 156 Å². The van der Waals surface area contributed by atoms with Gasteiger partial charge in [0, 0.05) is 48.5 Å². The monoisotopic (exact) mass is 1910 g/mol. The molecule has 50 atom stereocenters. The molecule has 0 saturated carbocycles. The van der Waals surface area contributed by atoms with Crippen molar-refractivity contribution in [3.63, 3.8) is 0 Å². The summed E-state index contributed by atoms with van der Waals surface area (Å²) in [7, 11) is 0. The summed E-state index contributed by atoms with van der Waals surface area (Å²) in [6.45, 7) is -2.53. The van der Waals surface area contributed by atoms with Crippen LogP contribution in [0.25, 0.3) is 0 Å². The average Bonchev–Trinajstić information content (AvgIpc) is 0.755. The highest BCUT2D eigenvalue weighted by Gasteiger charge is 2.63. The van der Waals surface area contributed by atoms with Gasteiger partial charge in [0.2, 0.25) is 41.4 Å². The number of hydrogen-bond acceptors (Lipinski definition) is 50. The summed E-state index contributed by atoms with van der Waals surface area (Å²) in [6.07, 6.45) is -90.4. The van der Waals surface area contributed by atoms with Gasteiger partial charge in [0.05, 0.1) is 65.6 Å². The number of ether oxygens (including phenoxy) is 19. The minimum Gasteiger partial charge on any atom is -0.394 e. The topological polar surface area (TPSA) is 865 Å². The van der Waals surface area contributed by atoms with Crippen LogP contribution in [0.15, 0.2) is 0 Å². The van der Waals surface area contributed by atoms with E-state index in [-0.39, 0.29) is 0 Å². The minimum atomic E-state index is -2.72. The van der Waals surface area contributed by atoms with E-state index in [1.54, 1.807) is 0 Å². The molecule has 0 aromatic rings. The van der Waals surface area contributed by atoms with Crippen molar-refractivity contribution in [2.75, 3.05) is 59.5 Å². The van der Waals surface area contributed by atoms with E-state index in [0.717, 1.165) is 48.5 Å². The number of carbonyl (C=O) groups excluding carboxylic acids is 7. The van der Waals surface area contributed by atoms with Crippen molar-refractivity contribution in [3.05, 3.63) is 0 Å². The largest absolute Gasteiger partial charge is 0.394 e. The first kappa shape index (κ1) is 108. The molecule has 0 aliphatic carbocycles. The van der Waals surface area contributed by atoms with Crippen molar-refractivity contribution in [1.29, 1.82) is 0 Å². The molecule has 10 aliphatic rings. The molecule has 7 amide bonds. The third kappa shape index (κ3) is 24.6. The quantitative estimate of drug-likeness (QED) is 0.0284. The van der Waals surface area contributed by atoms with Gasteiger partial charge in [-0.25, -0.2) is 0 Å². The van der Waals surface area contributed by atoms with Crippen molar-refractivity contribution in [2.24, 2.45) is 0 Å². The van der Waals surface area contributed by atoms with Gasteiger partial charge < -0.3 is 250 Å². The number of aliphatic hydroxyl groups is 24. The van der Waals surface area contributed by atoms with Crippen LogP contribution in [0.5, 0.6) is 0 Å². The third-order valence-corrected chi connectivity index (χ3v) is 23.6. The number of carbonyl (C=O) groups is 7. The highest BCUT2D eigenvalue weighted by molar-refractivity contribution is 5.75. The van der Waals surface area contributed by atoms with E-state index in [1.807, 2.05) is 0 Å². The summed E-state index contributed by atoms with van der Waals surface area (Å²) in [6, 6.07) is -13.4. The SMILES string of the molecule is CC(=O)N[C@H]1[C@H](O[C@H]2[C@H](O)[C@@H](NC(C)=O)C(O)O[C@@H]2CO[C@@H]2O[C@@H](C)[C@@H](O)[C@@H](O)[C@@H]2O)O[C@H](CO)[C@@H](O[C@@H]2O[C@H](CO)[C@@H](O[C@@H]3O[C@H](CO)[C@@H](O)[C@H](O)[C@H]3NC(C)=O)[C@H](O[C@H]3O[C@H](CO)[C@@H](O[C@@H]4O[C@H](CO)[C@@H](O[C@@H]5O[C@H](CO)[C@H](O)[C@H](O)[C@H]5NC(C)=O)[C@H](O)[C@H]4NC(C)=O)[C@H](O)[C@@H]3O[C@@H]3O[C@H](CO)[C@@H](O[C@@H]4O[C@H](CO)[C@H](O)[C@H](O)[C@H]4NC(C)=O)[C@H](O)[C@H]3NC(C)=O)[C@@H]2O)[C@@H]1O. The Morgan fingerprint density at radius 3 is 0.786 bits per heavy atom. The van der Waals surface area contributed by atoms with Gasteiger partial charge >= 0.3 is 0 Å². The zero-order valence-corrected chi connectivity index (χ0v) is 71.6. The summed E-state index contributed by atoms with van der Waals surface area (Å²) in [5.41, 5.74) is 0. The fourth-order valence-electron chi connectivity index (χ4n) is 17.1. The Kier molecular flexibility index (Phi) is 38.8. The van der Waals surface area contributed by atoms with E-state index in [4.69, 9.17) is 90.0 Å². The minimum absolute atomic E-state index is 0.838. The first-order valence-electron chi connectivity index (χ1n) is 42.0. The van der Waals surface area contributed by atoms with Gasteiger partial charge in [-0.15, -0.1) is 0 Å². The number of amides is 7. The van der Waals surface area contributed by atoms with Gasteiger partial charge in [-0.1, -0.05) is 0 Å². The van der Waals surface area contributed by atoms with Gasteiger partial charge in [0.25, 0.3) is 0 Å². The van der Waals surface area contributed by atoms with E-state index in [1.165, 1.54) is 6.92 Å². The molecule has 57 heteroatoms. The van der Waals surface area contributed by atoms with Gasteiger partial charge in [-0.05, 0) is 6.92 Å². The maximum atomic E-state index is 13.5. The van der Waals surface area contributed by atoms with Crippen LogP contribution < -0.4 is 37.2 Å². The molecule has 10 saturated heterocycles. The van der Waals surface area contributed by atoms with Crippen LogP contribution >= 0.6 is 0 Å². The lowest BCUT2D eigenvalue weighted by atomic mass is 9.93. The molecule has 57 nitrogen and oxygen atoms in total. The summed E-state index contributed by atoms with van der Waals surface area (Å²) in [5.74, 6) is -6.55. The lowest BCUT2D eigenvalue weighted by molar-refractivity contribution is -0.411. The fraction of sp³-hybridized carbons (Fsp3) is 0.905. The van der Waals surface area contributed by atoms with Gasteiger partial charge in [-0.2, -0.15) is 0 Å². The van der Waals surface area contributed by atoms with Gasteiger partial charge in [-0.3, -0.25) is 33.6 Å². The van der Waals surface area contributed by atoms with Crippen molar-refractivity contribution in [1.82, 2.24) is 37.2 Å². The Bertz CT molecular complexity index is 3690. The molecule has 10 aliphatic heterocycles. The molecule has 754 valence electrons. The maximum absolute atomic E-state index is 13.5. The molecule has 10 rings (SSSR count). The molecule has 0 spiro atoms. The van der Waals surface area contributed by atoms with Gasteiger partial charge in [0.1, 0.15) is 238 Å². The summed E-state index contributed by atoms with van der Waals surface area (Å²) in [5, 5.41) is 290. The Morgan fingerprint density at radius 1 is 0.214 bits per heavy atom. The lowest BCUT2D eigenvalue weighted by Crippen LogP contribution is -2.72. The van der Waals surface area contributed by atoms with Crippen LogP contribution in [-0.4, -0.2) is 530 Å². The van der Waals surface area contributed by atoms with E-state index < -0.39 is 407 Å². The molecule has 0 aromatic heterocycles. The Morgan fingerprint density at radius 2 is 0.458 bits per heavy atom. The van der Waals surface area contributed by atoms with Crippen LogP contribution in [0.2, 0.25) is 0 Å². The molecular formula is C74H123N7O50. The first-order chi connectivity index (χ1) is 61.9. The van der Waals surface area contributed by atoms with Crippen molar-refractivity contribution >= 4 is 41.4 Å². The summed E-state index contributed by atoms with van der Waals surface area (Å²) < 4.78 is 117. The molecule has 10 heterocycles. The van der Waals surface area contributed by atoms with E-state index in [2.05, 4.69) is 37.2 Å². The van der Waals surface area contributed by atoms with Crippen molar-refractivity contribution in [2.45, 2.75) is 362 Å². The Hall–Kier alpha value is -5.43. The highest BCUT2D eigenvalue weighted by atomic mass is 16.8. The second-order valence-electron chi connectivity index (χ2n) is 33.2. The van der Waals surface area contributed by atoms with Crippen LogP contribution in [-0.2, 0) is 124 Å². The van der Waals surface area contributed by atoms with Crippen molar-refractivity contribution < 1.29 is 246 Å². The van der Waals surface area contributed by atoms with Crippen molar-refractivity contribution in [3.8, 4) is 0 Å². The average molecular weight is 1910 g/mol. The predicted molar refractivity (Wildman–Crippen MR) is 409 cm³/mol. The zero-order valence-electron chi connectivity index (χ0n) is 71.6. The molecule has 0 bridgehead atoms. The lowest BCUT2D eigenvalue weighted by Gasteiger charge is -2.53. The first-order valence-corrected chi connectivity index (χ1v) is 42.0. The zero-order chi connectivity index (χ0) is 96.7. The molecule has 131 heavy (non-hydrogen) atoms. The summed E-state index contributed by atoms with van der Waals surface area (Å²) in [4.78, 5) is 90.8. The number of nitrogens with one attached hydrogen (secondary N) is 7. The van der Waals surface area contributed by atoms with E-state index >= 15 is 0 Å². The summed E-state index contributed by atoms with van der Waals surface area (Å²) >= 11 is 0. The molecule has 10 fully saturated rings. The second kappa shape index (κ2) is 47.3. The number of rotatable bonds is 34. The number of hydrogen-bond donors (Lipinski definition) is 31.